The Morgan fingerprint density at radius 1 is 1.40 bits per heavy atom. The lowest BCUT2D eigenvalue weighted by atomic mass is 10.3. The van der Waals surface area contributed by atoms with Crippen molar-refractivity contribution in [2.24, 2.45) is 0 Å². The molecule has 1 aromatic carbocycles. The van der Waals surface area contributed by atoms with Crippen molar-refractivity contribution in [3.05, 3.63) is 24.3 Å². The smallest absolute Gasteiger partial charge is 0.242 e. The Morgan fingerprint density at radius 2 is 2.10 bits per heavy atom. The number of sulfonamides is 1. The van der Waals surface area contributed by atoms with Gasteiger partial charge in [0.15, 0.2) is 5.11 Å². The Kier molecular flexibility index (Phi) is 6.34. The maximum atomic E-state index is 12.0. The Bertz CT molecular complexity index is 559. The highest BCUT2D eigenvalue weighted by molar-refractivity contribution is 7.89. The zero-order valence-electron chi connectivity index (χ0n) is 11.7. The minimum Gasteiger partial charge on any atom is -0.383 e. The molecule has 1 rings (SSSR count). The summed E-state index contributed by atoms with van der Waals surface area (Å²) in [7, 11) is 1.14. The highest BCUT2D eigenvalue weighted by Crippen LogP contribution is 2.17. The quantitative estimate of drug-likeness (QED) is 0.599. The lowest BCUT2D eigenvalue weighted by Gasteiger charge is -2.14. The van der Waals surface area contributed by atoms with E-state index < -0.39 is 10.0 Å². The fourth-order valence-corrected chi connectivity index (χ4v) is 2.56. The van der Waals surface area contributed by atoms with Gasteiger partial charge in [0, 0.05) is 33.4 Å². The minimum atomic E-state index is -3.45. The molecular weight excluding hydrogens is 298 g/mol. The number of rotatable bonds is 6. The van der Waals surface area contributed by atoms with Gasteiger partial charge in [-0.1, -0.05) is 6.07 Å². The van der Waals surface area contributed by atoms with E-state index in [2.05, 4.69) is 10.6 Å². The first-order valence-electron chi connectivity index (χ1n) is 5.94. The minimum absolute atomic E-state index is 0.215. The van der Waals surface area contributed by atoms with Crippen molar-refractivity contribution < 1.29 is 13.2 Å². The molecule has 0 saturated heterocycles. The SMILES string of the molecule is COCCNC(=S)Nc1cccc(S(=O)(=O)N(C)C)c1. The van der Waals surface area contributed by atoms with Crippen LogP contribution in [0, 0.1) is 0 Å². The molecular formula is C12H19N3O3S2. The lowest BCUT2D eigenvalue weighted by molar-refractivity contribution is 0.204. The predicted octanol–water partition coefficient (Wildman–Crippen LogP) is 0.870. The number of benzene rings is 1. The van der Waals surface area contributed by atoms with E-state index in [1.54, 1.807) is 31.4 Å². The van der Waals surface area contributed by atoms with E-state index in [4.69, 9.17) is 17.0 Å². The zero-order chi connectivity index (χ0) is 15.2. The first-order chi connectivity index (χ1) is 9.37. The largest absolute Gasteiger partial charge is 0.383 e. The van der Waals surface area contributed by atoms with Gasteiger partial charge in [-0.3, -0.25) is 0 Å². The molecule has 8 heteroatoms. The second kappa shape index (κ2) is 7.53. The van der Waals surface area contributed by atoms with Crippen LogP contribution in [0.1, 0.15) is 0 Å². The molecule has 0 heterocycles. The maximum absolute atomic E-state index is 12.0. The molecule has 0 amide bonds. The van der Waals surface area contributed by atoms with E-state index in [-0.39, 0.29) is 4.90 Å². The van der Waals surface area contributed by atoms with Gasteiger partial charge in [0.05, 0.1) is 11.5 Å². The predicted molar refractivity (Wildman–Crippen MR) is 83.4 cm³/mol. The van der Waals surface area contributed by atoms with Gasteiger partial charge in [0.1, 0.15) is 0 Å². The Morgan fingerprint density at radius 3 is 2.70 bits per heavy atom. The van der Waals surface area contributed by atoms with Gasteiger partial charge in [-0.25, -0.2) is 12.7 Å². The second-order valence-electron chi connectivity index (χ2n) is 4.19. The van der Waals surface area contributed by atoms with Crippen LogP contribution in [0.25, 0.3) is 0 Å². The van der Waals surface area contributed by atoms with Gasteiger partial charge >= 0.3 is 0 Å². The summed E-state index contributed by atoms with van der Waals surface area (Å²) >= 11 is 5.10. The molecule has 0 aliphatic carbocycles. The van der Waals surface area contributed by atoms with Crippen LogP contribution in [-0.4, -0.2) is 52.2 Å². The Labute approximate surface area is 125 Å². The first-order valence-corrected chi connectivity index (χ1v) is 7.79. The van der Waals surface area contributed by atoms with E-state index in [0.717, 1.165) is 0 Å². The third-order valence-electron chi connectivity index (χ3n) is 2.46. The van der Waals surface area contributed by atoms with Crippen LogP contribution in [-0.2, 0) is 14.8 Å². The monoisotopic (exact) mass is 317 g/mol. The van der Waals surface area contributed by atoms with E-state index in [9.17, 15) is 8.42 Å². The van der Waals surface area contributed by atoms with Crippen molar-refractivity contribution in [2.45, 2.75) is 4.90 Å². The highest BCUT2D eigenvalue weighted by Gasteiger charge is 2.17. The highest BCUT2D eigenvalue weighted by atomic mass is 32.2. The van der Waals surface area contributed by atoms with Gasteiger partial charge in [-0.05, 0) is 30.4 Å². The average molecular weight is 317 g/mol. The maximum Gasteiger partial charge on any atom is 0.242 e. The molecule has 2 N–H and O–H groups in total. The summed E-state index contributed by atoms with van der Waals surface area (Å²) in [5.41, 5.74) is 0.614. The van der Waals surface area contributed by atoms with Gasteiger partial charge in [0.2, 0.25) is 10.0 Å². The average Bonchev–Trinajstić information content (AvgIpc) is 2.39. The number of thiocarbonyl (C=S) groups is 1. The summed E-state index contributed by atoms with van der Waals surface area (Å²) in [6.07, 6.45) is 0. The van der Waals surface area contributed by atoms with Crippen LogP contribution in [0.2, 0.25) is 0 Å². The zero-order valence-corrected chi connectivity index (χ0v) is 13.3. The molecule has 112 valence electrons. The summed E-state index contributed by atoms with van der Waals surface area (Å²) in [5, 5.41) is 6.30. The van der Waals surface area contributed by atoms with Gasteiger partial charge in [-0.15, -0.1) is 0 Å². The molecule has 0 atom stereocenters. The second-order valence-corrected chi connectivity index (χ2v) is 6.75. The fourth-order valence-electron chi connectivity index (χ4n) is 1.39. The number of nitrogens with one attached hydrogen (secondary N) is 2. The molecule has 0 radical (unpaired) electrons. The molecule has 0 bridgehead atoms. The number of ether oxygens (including phenoxy) is 1. The Hall–Kier alpha value is -1.22. The molecule has 0 unspecified atom stereocenters. The number of methoxy groups -OCH3 is 1. The molecule has 0 aromatic heterocycles. The van der Waals surface area contributed by atoms with Crippen LogP contribution in [0.3, 0.4) is 0 Å². The van der Waals surface area contributed by atoms with Crippen molar-refractivity contribution in [1.82, 2.24) is 9.62 Å². The van der Waals surface area contributed by atoms with Crippen LogP contribution >= 0.6 is 12.2 Å². The van der Waals surface area contributed by atoms with Crippen molar-refractivity contribution in [2.75, 3.05) is 39.7 Å². The third-order valence-corrected chi connectivity index (χ3v) is 4.52. The van der Waals surface area contributed by atoms with Crippen LogP contribution in [0.5, 0.6) is 0 Å². The molecule has 20 heavy (non-hydrogen) atoms. The van der Waals surface area contributed by atoms with Gasteiger partial charge < -0.3 is 15.4 Å². The van der Waals surface area contributed by atoms with Crippen molar-refractivity contribution in [1.29, 1.82) is 0 Å². The van der Waals surface area contributed by atoms with Crippen molar-refractivity contribution in [3.8, 4) is 0 Å². The number of nitrogens with zero attached hydrogens (tertiary/aromatic N) is 1. The van der Waals surface area contributed by atoms with Crippen molar-refractivity contribution in [3.63, 3.8) is 0 Å². The number of hydrogen-bond donors (Lipinski definition) is 2. The first kappa shape index (κ1) is 16.8. The van der Waals surface area contributed by atoms with E-state index in [0.29, 0.717) is 24.0 Å². The molecule has 0 aliphatic heterocycles. The standard InChI is InChI=1S/C12H19N3O3S2/c1-15(2)20(16,17)11-6-4-5-10(9-11)14-12(19)13-7-8-18-3/h4-6,9H,7-8H2,1-3H3,(H2,13,14,19). The summed E-state index contributed by atoms with van der Waals surface area (Å²) in [6.45, 7) is 1.12. The molecule has 0 aliphatic rings. The molecule has 6 nitrogen and oxygen atoms in total. The number of hydrogen-bond acceptors (Lipinski definition) is 4. The van der Waals surface area contributed by atoms with Crippen molar-refractivity contribution >= 4 is 33.0 Å². The lowest BCUT2D eigenvalue weighted by Crippen LogP contribution is -2.31. The van der Waals surface area contributed by atoms with E-state index in [1.165, 1.54) is 18.4 Å². The summed E-state index contributed by atoms with van der Waals surface area (Å²) in [6, 6.07) is 6.50. The summed E-state index contributed by atoms with van der Waals surface area (Å²) < 4.78 is 30.1. The number of anilines is 1. The van der Waals surface area contributed by atoms with Gasteiger partial charge in [-0.2, -0.15) is 0 Å². The van der Waals surface area contributed by atoms with Crippen LogP contribution in [0.4, 0.5) is 5.69 Å². The normalized spacial score (nSPS) is 11.4. The Balaban J connectivity index is 2.77. The van der Waals surface area contributed by atoms with E-state index in [1.807, 2.05) is 0 Å². The molecule has 0 fully saturated rings. The third kappa shape index (κ3) is 4.71. The molecule has 0 spiro atoms. The topological polar surface area (TPSA) is 70.7 Å². The van der Waals surface area contributed by atoms with Crippen LogP contribution < -0.4 is 10.6 Å². The van der Waals surface area contributed by atoms with E-state index >= 15 is 0 Å². The summed E-state index contributed by atoms with van der Waals surface area (Å²) in [4.78, 5) is 0.215. The summed E-state index contributed by atoms with van der Waals surface area (Å²) in [5.74, 6) is 0. The fraction of sp³-hybridized carbons (Fsp3) is 0.417. The molecule has 1 aromatic rings. The van der Waals surface area contributed by atoms with Crippen LogP contribution in [0.15, 0.2) is 29.2 Å². The molecule has 0 saturated carbocycles. The van der Waals surface area contributed by atoms with Gasteiger partial charge in [0.25, 0.3) is 0 Å².